The molecule has 0 aliphatic carbocycles. The Kier molecular flexibility index (Phi) is 4.79. The highest BCUT2D eigenvalue weighted by Gasteiger charge is 2.21. The van der Waals surface area contributed by atoms with E-state index in [4.69, 9.17) is 4.74 Å². The summed E-state index contributed by atoms with van der Waals surface area (Å²) in [6.45, 7) is 3.94. The maximum absolute atomic E-state index is 11.4. The molecule has 20 heavy (non-hydrogen) atoms. The van der Waals surface area contributed by atoms with Crippen LogP contribution in [0.5, 0.6) is 5.75 Å². The smallest absolute Gasteiger partial charge is 0.312 e. The number of benzene rings is 1. The highest BCUT2D eigenvalue weighted by atomic mass is 32.1. The Balaban J connectivity index is 2.17. The second-order valence-corrected chi connectivity index (χ2v) is 5.90. The average Bonchev–Trinajstić information content (AvgIpc) is 2.88. The van der Waals surface area contributed by atoms with Crippen LogP contribution in [-0.4, -0.2) is 17.2 Å². The first-order valence-electron chi connectivity index (χ1n) is 6.58. The minimum Gasteiger partial charge on any atom is -0.491 e. The highest BCUT2D eigenvalue weighted by molar-refractivity contribution is 7.10. The fraction of sp³-hybridized carbons (Fsp3) is 0.312. The quantitative estimate of drug-likeness (QED) is 0.876. The van der Waals surface area contributed by atoms with E-state index in [1.165, 1.54) is 11.3 Å². The minimum atomic E-state index is -0.789. The van der Waals surface area contributed by atoms with Crippen molar-refractivity contribution in [3.63, 3.8) is 0 Å². The lowest BCUT2D eigenvalue weighted by Gasteiger charge is -2.13. The Morgan fingerprint density at radius 3 is 2.70 bits per heavy atom. The summed E-state index contributed by atoms with van der Waals surface area (Å²) < 4.78 is 5.64. The zero-order chi connectivity index (χ0) is 14.5. The Hall–Kier alpha value is -1.81. The molecule has 0 aliphatic rings. The maximum atomic E-state index is 11.4. The summed E-state index contributed by atoms with van der Waals surface area (Å²) in [6, 6.07) is 11.4. The summed E-state index contributed by atoms with van der Waals surface area (Å²) in [4.78, 5) is 12.3. The molecule has 0 spiro atoms. The van der Waals surface area contributed by atoms with Crippen molar-refractivity contribution in [2.75, 3.05) is 0 Å². The number of ether oxygens (including phenoxy) is 1. The van der Waals surface area contributed by atoms with Gasteiger partial charge in [-0.3, -0.25) is 4.79 Å². The van der Waals surface area contributed by atoms with Crippen molar-refractivity contribution in [3.8, 4) is 5.75 Å². The van der Waals surface area contributed by atoms with E-state index >= 15 is 0 Å². The van der Waals surface area contributed by atoms with Crippen LogP contribution in [0.4, 0.5) is 0 Å². The van der Waals surface area contributed by atoms with Crippen LogP contribution in [0.2, 0.25) is 0 Å². The number of carboxylic acid groups (broad SMARTS) is 1. The van der Waals surface area contributed by atoms with Crippen LogP contribution in [0.1, 0.15) is 30.2 Å². The Morgan fingerprint density at radius 1 is 1.30 bits per heavy atom. The molecule has 0 amide bonds. The number of aliphatic carboxylic acids is 1. The molecule has 1 N–H and O–H groups in total. The molecule has 106 valence electrons. The number of rotatable bonds is 6. The van der Waals surface area contributed by atoms with Gasteiger partial charge in [-0.05, 0) is 49.4 Å². The summed E-state index contributed by atoms with van der Waals surface area (Å²) in [5.41, 5.74) is 0.976. The van der Waals surface area contributed by atoms with E-state index < -0.39 is 11.9 Å². The number of carbonyl (C=O) groups is 1. The summed E-state index contributed by atoms with van der Waals surface area (Å²) in [5.74, 6) is -0.500. The molecule has 1 atom stereocenters. The molecule has 0 fully saturated rings. The Labute approximate surface area is 122 Å². The molecule has 3 nitrogen and oxygen atoms in total. The van der Waals surface area contributed by atoms with Gasteiger partial charge in [-0.15, -0.1) is 11.3 Å². The molecule has 0 aliphatic heterocycles. The van der Waals surface area contributed by atoms with E-state index in [0.29, 0.717) is 6.42 Å². The van der Waals surface area contributed by atoms with Crippen molar-refractivity contribution < 1.29 is 14.6 Å². The average molecular weight is 290 g/mol. The zero-order valence-corrected chi connectivity index (χ0v) is 12.4. The fourth-order valence-corrected chi connectivity index (χ4v) is 2.87. The van der Waals surface area contributed by atoms with Gasteiger partial charge < -0.3 is 9.84 Å². The first-order valence-corrected chi connectivity index (χ1v) is 7.46. The molecule has 0 saturated carbocycles. The lowest BCUT2D eigenvalue weighted by molar-refractivity contribution is -0.138. The lowest BCUT2D eigenvalue weighted by Crippen LogP contribution is -2.13. The third-order valence-electron chi connectivity index (χ3n) is 2.89. The first-order chi connectivity index (χ1) is 9.56. The van der Waals surface area contributed by atoms with E-state index in [2.05, 4.69) is 0 Å². The maximum Gasteiger partial charge on any atom is 0.312 e. The second-order valence-electron chi connectivity index (χ2n) is 4.92. The number of hydrogen-bond donors (Lipinski definition) is 1. The molecule has 2 rings (SSSR count). The summed E-state index contributed by atoms with van der Waals surface area (Å²) in [6.07, 6.45) is 0.586. The second kappa shape index (κ2) is 6.57. The standard InChI is InChI=1S/C16H18O3S/c1-11(2)19-13-6-3-5-12(9-13)10-14(16(17)18)15-7-4-8-20-15/h3-9,11,14H,10H2,1-2H3,(H,17,18). The van der Waals surface area contributed by atoms with E-state index in [1.54, 1.807) is 0 Å². The lowest BCUT2D eigenvalue weighted by atomic mass is 9.98. The molecule has 1 unspecified atom stereocenters. The van der Waals surface area contributed by atoms with Gasteiger partial charge in [0.1, 0.15) is 5.75 Å². The Morgan fingerprint density at radius 2 is 2.10 bits per heavy atom. The zero-order valence-electron chi connectivity index (χ0n) is 11.6. The van der Waals surface area contributed by atoms with Gasteiger partial charge in [0.2, 0.25) is 0 Å². The third kappa shape index (κ3) is 3.84. The van der Waals surface area contributed by atoms with Gasteiger partial charge in [0, 0.05) is 4.88 Å². The molecular weight excluding hydrogens is 272 g/mol. The van der Waals surface area contributed by atoms with E-state index in [9.17, 15) is 9.90 Å². The van der Waals surface area contributed by atoms with Crippen molar-refractivity contribution in [2.24, 2.45) is 0 Å². The van der Waals surface area contributed by atoms with E-state index in [0.717, 1.165) is 16.2 Å². The molecule has 0 saturated heterocycles. The van der Waals surface area contributed by atoms with Gasteiger partial charge in [0.15, 0.2) is 0 Å². The molecule has 2 aromatic rings. The predicted molar refractivity (Wildman–Crippen MR) is 80.6 cm³/mol. The number of carboxylic acids is 1. The topological polar surface area (TPSA) is 46.5 Å². The van der Waals surface area contributed by atoms with E-state index in [-0.39, 0.29) is 6.10 Å². The molecule has 0 radical (unpaired) electrons. The van der Waals surface area contributed by atoms with Crippen molar-refractivity contribution in [2.45, 2.75) is 32.3 Å². The first kappa shape index (κ1) is 14.6. The third-order valence-corrected chi connectivity index (χ3v) is 3.88. The van der Waals surface area contributed by atoms with Crippen molar-refractivity contribution in [1.82, 2.24) is 0 Å². The summed E-state index contributed by atoms with van der Waals surface area (Å²) in [5, 5.41) is 11.3. The van der Waals surface area contributed by atoms with Crippen molar-refractivity contribution in [3.05, 3.63) is 52.2 Å². The summed E-state index contributed by atoms with van der Waals surface area (Å²) in [7, 11) is 0. The largest absolute Gasteiger partial charge is 0.491 e. The molecular formula is C16H18O3S. The van der Waals surface area contributed by atoms with Gasteiger partial charge in [0.25, 0.3) is 0 Å². The van der Waals surface area contributed by atoms with Gasteiger partial charge in [-0.1, -0.05) is 18.2 Å². The van der Waals surface area contributed by atoms with Crippen LogP contribution in [0.15, 0.2) is 41.8 Å². The SMILES string of the molecule is CC(C)Oc1cccc(CC(C(=O)O)c2cccs2)c1. The normalized spacial score (nSPS) is 12.3. The van der Waals surface area contributed by atoms with Gasteiger partial charge in [-0.2, -0.15) is 0 Å². The molecule has 1 aromatic carbocycles. The van der Waals surface area contributed by atoms with Crippen LogP contribution in [0.25, 0.3) is 0 Å². The van der Waals surface area contributed by atoms with Crippen LogP contribution in [0, 0.1) is 0 Å². The van der Waals surface area contributed by atoms with Crippen molar-refractivity contribution in [1.29, 1.82) is 0 Å². The Bertz CT molecular complexity index is 561. The highest BCUT2D eigenvalue weighted by Crippen LogP contribution is 2.27. The molecule has 0 bridgehead atoms. The number of hydrogen-bond acceptors (Lipinski definition) is 3. The number of thiophene rings is 1. The van der Waals surface area contributed by atoms with Gasteiger partial charge in [0.05, 0.1) is 12.0 Å². The minimum absolute atomic E-state index is 0.109. The van der Waals surface area contributed by atoms with Gasteiger partial charge in [-0.25, -0.2) is 0 Å². The summed E-state index contributed by atoms with van der Waals surface area (Å²) >= 11 is 1.48. The predicted octanol–water partition coefficient (Wildman–Crippen LogP) is 3.95. The van der Waals surface area contributed by atoms with Crippen LogP contribution < -0.4 is 4.74 Å². The van der Waals surface area contributed by atoms with Crippen molar-refractivity contribution >= 4 is 17.3 Å². The van der Waals surface area contributed by atoms with Crippen LogP contribution >= 0.6 is 11.3 Å². The monoisotopic (exact) mass is 290 g/mol. The molecule has 1 heterocycles. The fourth-order valence-electron chi connectivity index (χ4n) is 2.05. The van der Waals surface area contributed by atoms with Crippen LogP contribution in [-0.2, 0) is 11.2 Å². The van der Waals surface area contributed by atoms with E-state index in [1.807, 2.05) is 55.6 Å². The molecule has 1 aromatic heterocycles. The van der Waals surface area contributed by atoms with Gasteiger partial charge >= 0.3 is 5.97 Å². The van der Waals surface area contributed by atoms with Crippen LogP contribution in [0.3, 0.4) is 0 Å². The molecule has 4 heteroatoms.